The minimum absolute atomic E-state index is 0.0550. The predicted molar refractivity (Wildman–Crippen MR) is 78.9 cm³/mol. The lowest BCUT2D eigenvalue weighted by Crippen LogP contribution is -2.33. The lowest BCUT2D eigenvalue weighted by atomic mass is 9.86. The molecule has 1 aromatic rings. The van der Waals surface area contributed by atoms with Gasteiger partial charge in [0, 0.05) is 10.6 Å². The van der Waals surface area contributed by atoms with Crippen LogP contribution in [0.2, 0.25) is 5.02 Å². The van der Waals surface area contributed by atoms with Crippen LogP contribution in [-0.4, -0.2) is 13.2 Å². The molecule has 1 aliphatic carbocycles. The molecular formula is C16H22ClNO. The lowest BCUT2D eigenvalue weighted by molar-refractivity contribution is 0.180. The van der Waals surface area contributed by atoms with E-state index in [1.54, 1.807) is 0 Å². The molecule has 104 valence electrons. The van der Waals surface area contributed by atoms with Crippen molar-refractivity contribution in [2.75, 3.05) is 13.2 Å². The summed E-state index contributed by atoms with van der Waals surface area (Å²) in [5.41, 5.74) is 1.31. The smallest absolute Gasteiger partial charge is 0.121 e. The second-order valence-electron chi connectivity index (χ2n) is 6.15. The first-order valence-electron chi connectivity index (χ1n) is 7.35. The van der Waals surface area contributed by atoms with E-state index in [4.69, 9.17) is 16.3 Å². The number of rotatable bonds is 4. The Morgan fingerprint density at radius 2 is 2.16 bits per heavy atom. The van der Waals surface area contributed by atoms with Gasteiger partial charge < -0.3 is 10.1 Å². The molecule has 0 amide bonds. The molecule has 2 fully saturated rings. The molecule has 1 heterocycles. The van der Waals surface area contributed by atoms with Gasteiger partial charge in [0.15, 0.2) is 0 Å². The van der Waals surface area contributed by atoms with Crippen LogP contribution in [0.4, 0.5) is 0 Å². The van der Waals surface area contributed by atoms with Gasteiger partial charge in [-0.2, -0.15) is 0 Å². The number of ether oxygens (including phenoxy) is 1. The SMILES string of the molecule is CC1(c2cc(Cl)cc(OCC3CCC3)c2)CCCN1. The maximum Gasteiger partial charge on any atom is 0.121 e. The van der Waals surface area contributed by atoms with Crippen LogP contribution < -0.4 is 10.1 Å². The molecule has 2 aliphatic rings. The van der Waals surface area contributed by atoms with Crippen molar-refractivity contribution in [2.24, 2.45) is 5.92 Å². The molecule has 3 rings (SSSR count). The van der Waals surface area contributed by atoms with Crippen molar-refractivity contribution in [3.8, 4) is 5.75 Å². The molecule has 1 aliphatic heterocycles. The van der Waals surface area contributed by atoms with Gasteiger partial charge in [0.05, 0.1) is 6.61 Å². The van der Waals surface area contributed by atoms with Gasteiger partial charge in [-0.15, -0.1) is 0 Å². The highest BCUT2D eigenvalue weighted by atomic mass is 35.5. The fraction of sp³-hybridized carbons (Fsp3) is 0.625. The van der Waals surface area contributed by atoms with E-state index in [1.807, 2.05) is 6.07 Å². The summed E-state index contributed by atoms with van der Waals surface area (Å²) in [6, 6.07) is 6.15. The molecule has 1 aromatic carbocycles. The zero-order valence-electron chi connectivity index (χ0n) is 11.5. The molecule has 0 spiro atoms. The van der Waals surface area contributed by atoms with Crippen molar-refractivity contribution in [3.63, 3.8) is 0 Å². The minimum atomic E-state index is 0.0550. The Hall–Kier alpha value is -0.730. The highest BCUT2D eigenvalue weighted by molar-refractivity contribution is 6.30. The van der Waals surface area contributed by atoms with Crippen LogP contribution in [0.3, 0.4) is 0 Å². The summed E-state index contributed by atoms with van der Waals surface area (Å²) < 4.78 is 5.92. The second-order valence-corrected chi connectivity index (χ2v) is 6.58. The normalized spacial score (nSPS) is 27.3. The Balaban J connectivity index is 1.75. The van der Waals surface area contributed by atoms with E-state index in [1.165, 1.54) is 31.2 Å². The van der Waals surface area contributed by atoms with Crippen molar-refractivity contribution in [2.45, 2.75) is 44.6 Å². The number of benzene rings is 1. The standard InChI is InChI=1S/C16H22ClNO/c1-16(6-3-7-18-16)13-8-14(17)10-15(9-13)19-11-12-4-2-5-12/h8-10,12,18H,2-7,11H2,1H3. The fourth-order valence-corrected chi connectivity index (χ4v) is 3.20. The average molecular weight is 280 g/mol. The van der Waals surface area contributed by atoms with E-state index in [2.05, 4.69) is 24.4 Å². The summed E-state index contributed by atoms with van der Waals surface area (Å²) in [6.45, 7) is 4.17. The summed E-state index contributed by atoms with van der Waals surface area (Å²) in [6.07, 6.45) is 6.37. The van der Waals surface area contributed by atoms with Gasteiger partial charge in [0.1, 0.15) is 5.75 Å². The van der Waals surface area contributed by atoms with Crippen LogP contribution in [-0.2, 0) is 5.54 Å². The van der Waals surface area contributed by atoms with Gasteiger partial charge in [-0.05, 0) is 68.8 Å². The maximum absolute atomic E-state index is 6.25. The van der Waals surface area contributed by atoms with Crippen molar-refractivity contribution >= 4 is 11.6 Å². The third-order valence-electron chi connectivity index (χ3n) is 4.59. The first-order chi connectivity index (χ1) is 9.16. The molecule has 19 heavy (non-hydrogen) atoms. The Morgan fingerprint density at radius 3 is 2.79 bits per heavy atom. The molecule has 0 aromatic heterocycles. The summed E-state index contributed by atoms with van der Waals surface area (Å²) in [5.74, 6) is 1.67. The van der Waals surface area contributed by atoms with Gasteiger partial charge in [-0.25, -0.2) is 0 Å². The van der Waals surface area contributed by atoms with Crippen LogP contribution in [0.25, 0.3) is 0 Å². The number of hydrogen-bond donors (Lipinski definition) is 1. The quantitative estimate of drug-likeness (QED) is 0.895. The van der Waals surface area contributed by atoms with Crippen molar-refractivity contribution in [1.82, 2.24) is 5.32 Å². The van der Waals surface area contributed by atoms with Crippen LogP contribution in [0.1, 0.15) is 44.6 Å². The van der Waals surface area contributed by atoms with E-state index in [-0.39, 0.29) is 5.54 Å². The van der Waals surface area contributed by atoms with Crippen molar-refractivity contribution in [3.05, 3.63) is 28.8 Å². The Bertz CT molecular complexity index is 450. The molecule has 1 unspecified atom stereocenters. The third kappa shape index (κ3) is 2.90. The molecule has 0 radical (unpaired) electrons. The predicted octanol–water partition coefficient (Wildman–Crippen LogP) is 4.12. The zero-order valence-corrected chi connectivity index (χ0v) is 12.3. The second kappa shape index (κ2) is 5.34. The van der Waals surface area contributed by atoms with Crippen molar-refractivity contribution < 1.29 is 4.74 Å². The molecule has 1 saturated heterocycles. The lowest BCUT2D eigenvalue weighted by Gasteiger charge is -2.27. The van der Waals surface area contributed by atoms with Crippen molar-refractivity contribution in [1.29, 1.82) is 0 Å². The van der Waals surface area contributed by atoms with Gasteiger partial charge >= 0.3 is 0 Å². The highest BCUT2D eigenvalue weighted by Crippen LogP contribution is 2.35. The van der Waals surface area contributed by atoms with Gasteiger partial charge in [-0.1, -0.05) is 18.0 Å². The van der Waals surface area contributed by atoms with Gasteiger partial charge in [-0.3, -0.25) is 0 Å². The van der Waals surface area contributed by atoms with E-state index in [0.29, 0.717) is 0 Å². The van der Waals surface area contributed by atoms with E-state index < -0.39 is 0 Å². The monoisotopic (exact) mass is 279 g/mol. The van der Waals surface area contributed by atoms with Crippen LogP contribution in [0.15, 0.2) is 18.2 Å². The third-order valence-corrected chi connectivity index (χ3v) is 4.81. The largest absolute Gasteiger partial charge is 0.493 e. The maximum atomic E-state index is 6.25. The van der Waals surface area contributed by atoms with E-state index in [0.717, 1.165) is 36.3 Å². The molecular weight excluding hydrogens is 258 g/mol. The molecule has 1 atom stereocenters. The van der Waals surface area contributed by atoms with Crippen LogP contribution in [0, 0.1) is 5.92 Å². The summed E-state index contributed by atoms with van der Waals surface area (Å²) in [4.78, 5) is 0. The Labute approximate surface area is 120 Å². The fourth-order valence-electron chi connectivity index (χ4n) is 2.98. The molecule has 3 heteroatoms. The first kappa shape index (κ1) is 13.3. The molecule has 1 N–H and O–H groups in total. The van der Waals surface area contributed by atoms with Crippen LogP contribution in [0.5, 0.6) is 5.75 Å². The minimum Gasteiger partial charge on any atom is -0.493 e. The zero-order chi connectivity index (χ0) is 13.3. The topological polar surface area (TPSA) is 21.3 Å². The number of halogens is 1. The number of nitrogens with one attached hydrogen (secondary N) is 1. The highest BCUT2D eigenvalue weighted by Gasteiger charge is 2.30. The van der Waals surface area contributed by atoms with E-state index in [9.17, 15) is 0 Å². The van der Waals surface area contributed by atoms with E-state index >= 15 is 0 Å². The summed E-state index contributed by atoms with van der Waals surface area (Å²) >= 11 is 6.25. The Kier molecular flexibility index (Phi) is 3.72. The van der Waals surface area contributed by atoms with Gasteiger partial charge in [0.25, 0.3) is 0 Å². The number of hydrogen-bond acceptors (Lipinski definition) is 2. The Morgan fingerprint density at radius 1 is 1.32 bits per heavy atom. The average Bonchev–Trinajstić information content (AvgIpc) is 2.75. The summed E-state index contributed by atoms with van der Waals surface area (Å²) in [7, 11) is 0. The molecule has 2 nitrogen and oxygen atoms in total. The van der Waals surface area contributed by atoms with Gasteiger partial charge in [0.2, 0.25) is 0 Å². The molecule has 0 bridgehead atoms. The first-order valence-corrected chi connectivity index (χ1v) is 7.72. The molecule has 1 saturated carbocycles. The summed E-state index contributed by atoms with van der Waals surface area (Å²) in [5, 5.41) is 4.35. The van der Waals surface area contributed by atoms with Crippen LogP contribution >= 0.6 is 11.6 Å².